The summed E-state index contributed by atoms with van der Waals surface area (Å²) in [5.74, 6) is 0. The predicted octanol–water partition coefficient (Wildman–Crippen LogP) is -1.77. The molecule has 0 radical (unpaired) electrons. The molecule has 0 saturated carbocycles. The maximum Gasteiger partial charge on any atom is 4.00 e. The van der Waals surface area contributed by atoms with Gasteiger partial charge in [-0.15, -0.1) is 46.2 Å². The second-order valence-corrected chi connectivity index (χ2v) is 4.71. The first-order chi connectivity index (χ1) is 7.68. The minimum atomic E-state index is 0. The third-order valence-electron chi connectivity index (χ3n) is 2.59. The van der Waals surface area contributed by atoms with Crippen LogP contribution in [-0.2, 0) is 33.3 Å². The van der Waals surface area contributed by atoms with Crippen LogP contribution in [0.4, 0.5) is 0 Å². The summed E-state index contributed by atoms with van der Waals surface area (Å²) in [7, 11) is 2.06. The fraction of sp³-hybridized carbons (Fsp3) is 0.214. The van der Waals surface area contributed by atoms with Crippen molar-refractivity contribution in [3.05, 3.63) is 52.7 Å². The Balaban J connectivity index is 0. The molecule has 0 fully saturated rings. The molecule has 19 heavy (non-hydrogen) atoms. The molecule has 0 amide bonds. The molecule has 0 bridgehead atoms. The van der Waals surface area contributed by atoms with Gasteiger partial charge in [0.05, 0.1) is 0 Å². The van der Waals surface area contributed by atoms with Crippen LogP contribution in [0.1, 0.15) is 12.0 Å². The normalized spacial score (nSPS) is 11.1. The van der Waals surface area contributed by atoms with E-state index in [1.54, 1.807) is 0 Å². The SMILES string of the molecule is Cc1cc2c[c-](Br)n(C)c-2c1.[C-]1=CC=CC1.[Cl-].[Cl-].[Zr+4]. The van der Waals surface area contributed by atoms with Crippen LogP contribution in [0, 0.1) is 13.0 Å². The average molecular weight is 438 g/mol. The molecule has 0 aromatic heterocycles. The molecule has 0 N–H and O–H groups in total. The summed E-state index contributed by atoms with van der Waals surface area (Å²) in [5, 5.41) is 0. The van der Waals surface area contributed by atoms with E-state index in [1.807, 2.05) is 12.2 Å². The van der Waals surface area contributed by atoms with Gasteiger partial charge in [-0.2, -0.15) is 11.6 Å². The van der Waals surface area contributed by atoms with Crippen molar-refractivity contribution in [2.45, 2.75) is 13.3 Å². The fourth-order valence-electron chi connectivity index (χ4n) is 1.75. The fourth-order valence-corrected chi connectivity index (χ4v) is 2.18. The Kier molecular flexibility index (Phi) is 11.5. The number of allylic oxidation sites excluding steroid dienone is 4. The zero-order valence-corrected chi connectivity index (χ0v) is 16.3. The van der Waals surface area contributed by atoms with Gasteiger partial charge in [-0.25, -0.2) is 12.2 Å². The molecular formula is C14H14BrCl2NZr. The topological polar surface area (TPSA) is 4.93 Å². The molecule has 0 unspecified atom stereocenters. The van der Waals surface area contributed by atoms with E-state index in [0.29, 0.717) is 0 Å². The van der Waals surface area contributed by atoms with Crippen molar-refractivity contribution < 1.29 is 51.0 Å². The summed E-state index contributed by atoms with van der Waals surface area (Å²) in [6.45, 7) is 2.12. The Morgan fingerprint density at radius 1 is 1.32 bits per heavy atom. The molecule has 0 aromatic carbocycles. The van der Waals surface area contributed by atoms with E-state index in [-0.39, 0.29) is 51.0 Å². The minimum Gasteiger partial charge on any atom is -1.00 e. The van der Waals surface area contributed by atoms with Crippen molar-refractivity contribution in [1.82, 2.24) is 4.57 Å². The summed E-state index contributed by atoms with van der Waals surface area (Å²) in [5.41, 5.74) is 3.95. The van der Waals surface area contributed by atoms with Gasteiger partial charge in [-0.05, 0) is 18.6 Å². The molecule has 5 heteroatoms. The van der Waals surface area contributed by atoms with Gasteiger partial charge in [0.1, 0.15) is 0 Å². The van der Waals surface area contributed by atoms with Gasteiger partial charge in [0.25, 0.3) is 0 Å². The summed E-state index contributed by atoms with van der Waals surface area (Å²) in [4.78, 5) is 0. The van der Waals surface area contributed by atoms with Gasteiger partial charge in [0, 0.05) is 0 Å². The van der Waals surface area contributed by atoms with Crippen LogP contribution in [0.15, 0.2) is 41.0 Å². The Morgan fingerprint density at radius 3 is 2.42 bits per heavy atom. The number of hydrogen-bond donors (Lipinski definition) is 0. The van der Waals surface area contributed by atoms with Crippen molar-refractivity contribution in [3.63, 3.8) is 0 Å². The quantitative estimate of drug-likeness (QED) is 0.430. The Morgan fingerprint density at radius 2 is 2.00 bits per heavy atom. The molecule has 1 aliphatic heterocycles. The van der Waals surface area contributed by atoms with E-state index in [9.17, 15) is 0 Å². The second-order valence-electron chi connectivity index (χ2n) is 3.90. The van der Waals surface area contributed by atoms with Crippen molar-refractivity contribution in [2.24, 2.45) is 7.05 Å². The Labute approximate surface area is 154 Å². The number of hydrogen-bond acceptors (Lipinski definition) is 0. The zero-order valence-electron chi connectivity index (χ0n) is 10.8. The standard InChI is InChI=1S/C9H9BrN.C5H5.2ClH.Zr/c1-6-3-7-5-9(10)11(2)8(7)4-6;1-2-4-5-3-1;;;/h3-5H,1-2H3;1-3H,4H2;2*1H;/q2*-1;;;+4/p-2. The smallest absolute Gasteiger partial charge is 1.00 e. The van der Waals surface area contributed by atoms with E-state index in [4.69, 9.17) is 0 Å². The van der Waals surface area contributed by atoms with Crippen LogP contribution in [0.5, 0.6) is 0 Å². The number of aromatic nitrogens is 1. The molecule has 100 valence electrons. The molecular weight excluding hydrogens is 424 g/mol. The molecule has 2 aliphatic carbocycles. The minimum absolute atomic E-state index is 0. The van der Waals surface area contributed by atoms with E-state index in [1.165, 1.54) is 16.8 Å². The van der Waals surface area contributed by atoms with Crippen LogP contribution in [-0.4, -0.2) is 4.57 Å². The van der Waals surface area contributed by atoms with Gasteiger partial charge in [-0.1, -0.05) is 5.56 Å². The molecule has 0 aromatic rings. The van der Waals surface area contributed by atoms with E-state index in [2.05, 4.69) is 64.8 Å². The molecule has 3 rings (SSSR count). The van der Waals surface area contributed by atoms with E-state index in [0.717, 1.165) is 11.0 Å². The molecule has 0 atom stereocenters. The maximum absolute atomic E-state index is 3.48. The molecule has 3 aliphatic rings. The summed E-state index contributed by atoms with van der Waals surface area (Å²) < 4.78 is 3.28. The van der Waals surface area contributed by atoms with E-state index < -0.39 is 0 Å². The van der Waals surface area contributed by atoms with Crippen molar-refractivity contribution >= 4 is 15.9 Å². The number of rotatable bonds is 0. The summed E-state index contributed by atoms with van der Waals surface area (Å²) in [6.07, 6.45) is 10.0. The Hall–Kier alpha value is 0.313. The summed E-state index contributed by atoms with van der Waals surface area (Å²) >= 11 is 3.48. The predicted molar refractivity (Wildman–Crippen MR) is 71.6 cm³/mol. The first kappa shape index (κ1) is 21.6. The first-order valence-electron chi connectivity index (χ1n) is 5.28. The van der Waals surface area contributed by atoms with Crippen molar-refractivity contribution in [3.8, 4) is 11.3 Å². The van der Waals surface area contributed by atoms with Gasteiger partial charge in [0.2, 0.25) is 0 Å². The second kappa shape index (κ2) is 10.1. The zero-order chi connectivity index (χ0) is 11.5. The van der Waals surface area contributed by atoms with Crippen LogP contribution < -0.4 is 24.8 Å². The molecule has 0 spiro atoms. The largest absolute Gasteiger partial charge is 4.00 e. The number of halogens is 3. The van der Waals surface area contributed by atoms with Crippen molar-refractivity contribution in [1.29, 1.82) is 0 Å². The van der Waals surface area contributed by atoms with Gasteiger partial charge >= 0.3 is 26.2 Å². The number of nitrogens with zero attached hydrogens (tertiary/aromatic N) is 1. The van der Waals surface area contributed by atoms with Crippen LogP contribution in [0.2, 0.25) is 0 Å². The Bertz CT molecular complexity index is 504. The van der Waals surface area contributed by atoms with Gasteiger partial charge < -0.3 is 29.4 Å². The van der Waals surface area contributed by atoms with Gasteiger partial charge in [-0.3, -0.25) is 6.08 Å². The molecule has 1 nitrogen and oxygen atoms in total. The third kappa shape index (κ3) is 5.67. The molecule has 0 saturated heterocycles. The first-order valence-corrected chi connectivity index (χ1v) is 6.08. The monoisotopic (exact) mass is 435 g/mol. The number of fused-ring (bicyclic) bond motifs is 1. The van der Waals surface area contributed by atoms with Crippen LogP contribution >= 0.6 is 15.9 Å². The van der Waals surface area contributed by atoms with Crippen LogP contribution in [0.3, 0.4) is 0 Å². The number of aryl methyl sites for hydroxylation is 1. The maximum atomic E-state index is 3.48. The summed E-state index contributed by atoms with van der Waals surface area (Å²) in [6, 6.07) is 6.53. The van der Waals surface area contributed by atoms with Crippen molar-refractivity contribution in [2.75, 3.05) is 0 Å². The third-order valence-corrected chi connectivity index (χ3v) is 3.35. The van der Waals surface area contributed by atoms with Crippen LogP contribution in [0.25, 0.3) is 11.3 Å². The van der Waals surface area contributed by atoms with E-state index >= 15 is 0 Å². The van der Waals surface area contributed by atoms with Gasteiger partial charge in [0.15, 0.2) is 0 Å². The average Bonchev–Trinajstić information content (AvgIpc) is 2.92. The molecule has 1 heterocycles.